The van der Waals surface area contributed by atoms with E-state index in [0.717, 1.165) is 28.7 Å². The van der Waals surface area contributed by atoms with Gasteiger partial charge in [0.05, 0.1) is 6.10 Å². The Morgan fingerprint density at radius 2 is 1.74 bits per heavy atom. The van der Waals surface area contributed by atoms with Gasteiger partial charge in [-0.2, -0.15) is 0 Å². The van der Waals surface area contributed by atoms with Crippen molar-refractivity contribution in [3.8, 4) is 16.9 Å². The summed E-state index contributed by atoms with van der Waals surface area (Å²) in [6.45, 7) is 6.06. The normalized spacial score (nSPS) is 10.5. The number of carbonyl (C=O) groups excluding carboxylic acids is 1. The largest absolute Gasteiger partial charge is 0.491 e. The summed E-state index contributed by atoms with van der Waals surface area (Å²) in [7, 11) is 0. The van der Waals surface area contributed by atoms with E-state index in [4.69, 9.17) is 4.74 Å². The van der Waals surface area contributed by atoms with Crippen LogP contribution in [0.25, 0.3) is 11.1 Å². The fourth-order valence-corrected chi connectivity index (χ4v) is 2.01. The fourth-order valence-electron chi connectivity index (χ4n) is 2.01. The molecule has 2 heteroatoms. The Morgan fingerprint density at radius 1 is 1.05 bits per heavy atom. The van der Waals surface area contributed by atoms with E-state index in [1.807, 2.05) is 63.2 Å². The van der Waals surface area contributed by atoms with E-state index in [9.17, 15) is 4.79 Å². The summed E-state index contributed by atoms with van der Waals surface area (Å²) in [6, 6.07) is 13.7. The fraction of sp³-hybridized carbons (Fsp3) is 0.235. The van der Waals surface area contributed by atoms with Crippen LogP contribution in [0, 0.1) is 6.92 Å². The Labute approximate surface area is 114 Å². The van der Waals surface area contributed by atoms with E-state index in [2.05, 4.69) is 0 Å². The highest BCUT2D eigenvalue weighted by atomic mass is 16.5. The molecule has 98 valence electrons. The van der Waals surface area contributed by atoms with Crippen LogP contribution in [0.15, 0.2) is 42.5 Å². The van der Waals surface area contributed by atoms with E-state index >= 15 is 0 Å². The second-order valence-corrected chi connectivity index (χ2v) is 4.88. The second kappa shape index (κ2) is 5.70. The topological polar surface area (TPSA) is 26.3 Å². The second-order valence-electron chi connectivity index (χ2n) is 4.88. The van der Waals surface area contributed by atoms with Crippen molar-refractivity contribution in [3.05, 3.63) is 53.6 Å². The molecule has 2 nitrogen and oxygen atoms in total. The van der Waals surface area contributed by atoms with Gasteiger partial charge < -0.3 is 4.74 Å². The van der Waals surface area contributed by atoms with Crippen molar-refractivity contribution in [1.82, 2.24) is 0 Å². The maximum absolute atomic E-state index is 10.9. The average Bonchev–Trinajstić information content (AvgIpc) is 2.40. The Bertz CT molecular complexity index is 568. The molecule has 0 heterocycles. The molecule has 0 radical (unpaired) electrons. The molecule has 2 aromatic rings. The number of aldehydes is 1. The van der Waals surface area contributed by atoms with Crippen LogP contribution in [0.2, 0.25) is 0 Å². The van der Waals surface area contributed by atoms with Gasteiger partial charge >= 0.3 is 0 Å². The summed E-state index contributed by atoms with van der Waals surface area (Å²) in [5, 5.41) is 0. The van der Waals surface area contributed by atoms with Crippen LogP contribution in [-0.2, 0) is 0 Å². The Hall–Kier alpha value is -2.09. The summed E-state index contributed by atoms with van der Waals surface area (Å²) in [4.78, 5) is 10.9. The van der Waals surface area contributed by atoms with Crippen LogP contribution in [-0.4, -0.2) is 12.4 Å². The molecule has 0 aliphatic rings. The van der Waals surface area contributed by atoms with Crippen LogP contribution in [0.1, 0.15) is 29.8 Å². The molecule has 0 fully saturated rings. The smallest absolute Gasteiger partial charge is 0.150 e. The predicted molar refractivity (Wildman–Crippen MR) is 77.8 cm³/mol. The van der Waals surface area contributed by atoms with Crippen molar-refractivity contribution in [2.45, 2.75) is 26.9 Å². The van der Waals surface area contributed by atoms with Crippen molar-refractivity contribution in [2.75, 3.05) is 0 Å². The minimum atomic E-state index is 0.172. The van der Waals surface area contributed by atoms with Gasteiger partial charge in [-0.15, -0.1) is 0 Å². The first-order valence-corrected chi connectivity index (χ1v) is 6.43. The van der Waals surface area contributed by atoms with E-state index in [1.54, 1.807) is 0 Å². The van der Waals surface area contributed by atoms with Crippen molar-refractivity contribution in [1.29, 1.82) is 0 Å². The third kappa shape index (κ3) is 3.22. The molecule has 0 aliphatic heterocycles. The quantitative estimate of drug-likeness (QED) is 0.762. The van der Waals surface area contributed by atoms with Gasteiger partial charge in [0.15, 0.2) is 0 Å². The molecule has 0 spiro atoms. The zero-order valence-corrected chi connectivity index (χ0v) is 11.5. The number of aryl methyl sites for hydroxylation is 1. The molecule has 0 amide bonds. The van der Waals surface area contributed by atoms with Gasteiger partial charge in [0.25, 0.3) is 0 Å². The van der Waals surface area contributed by atoms with E-state index in [-0.39, 0.29) is 6.10 Å². The van der Waals surface area contributed by atoms with Crippen molar-refractivity contribution >= 4 is 6.29 Å². The van der Waals surface area contributed by atoms with Gasteiger partial charge in [-0.25, -0.2) is 0 Å². The lowest BCUT2D eigenvalue weighted by molar-refractivity contribution is 0.112. The van der Waals surface area contributed by atoms with Crippen molar-refractivity contribution in [2.24, 2.45) is 0 Å². The van der Waals surface area contributed by atoms with Gasteiger partial charge in [0.1, 0.15) is 12.0 Å². The number of hydrogen-bond acceptors (Lipinski definition) is 2. The van der Waals surface area contributed by atoms with Gasteiger partial charge in [0, 0.05) is 5.56 Å². The van der Waals surface area contributed by atoms with Crippen molar-refractivity contribution < 1.29 is 9.53 Å². The number of carbonyl (C=O) groups is 1. The highest BCUT2D eigenvalue weighted by Crippen LogP contribution is 2.26. The molecule has 0 unspecified atom stereocenters. The van der Waals surface area contributed by atoms with Gasteiger partial charge in [-0.1, -0.05) is 24.3 Å². The molecule has 0 saturated heterocycles. The minimum absolute atomic E-state index is 0.172. The lowest BCUT2D eigenvalue weighted by atomic mass is 9.98. The monoisotopic (exact) mass is 254 g/mol. The zero-order chi connectivity index (χ0) is 13.8. The standard InChI is InChI=1S/C17H18O2/c1-12(2)19-16-8-6-15(7-9-16)17-10-14(11-18)5-4-13(17)3/h4-12H,1-3H3. The number of hydrogen-bond donors (Lipinski definition) is 0. The molecular formula is C17H18O2. The highest BCUT2D eigenvalue weighted by Gasteiger charge is 2.04. The maximum atomic E-state index is 10.9. The van der Waals surface area contributed by atoms with Crippen LogP contribution >= 0.6 is 0 Å². The SMILES string of the molecule is Cc1ccc(C=O)cc1-c1ccc(OC(C)C)cc1. The molecule has 0 atom stereocenters. The first-order valence-electron chi connectivity index (χ1n) is 6.43. The first kappa shape index (κ1) is 13.3. The van der Waals surface area contributed by atoms with E-state index < -0.39 is 0 Å². The van der Waals surface area contributed by atoms with E-state index in [0.29, 0.717) is 5.56 Å². The number of ether oxygens (including phenoxy) is 1. The third-order valence-corrected chi connectivity index (χ3v) is 2.93. The van der Waals surface area contributed by atoms with Crippen LogP contribution in [0.4, 0.5) is 0 Å². The van der Waals surface area contributed by atoms with Crippen LogP contribution < -0.4 is 4.74 Å². The minimum Gasteiger partial charge on any atom is -0.491 e. The summed E-state index contributed by atoms with van der Waals surface area (Å²) in [5.41, 5.74) is 4.03. The molecule has 2 aromatic carbocycles. The summed E-state index contributed by atoms with van der Waals surface area (Å²) in [5.74, 6) is 0.864. The Morgan fingerprint density at radius 3 is 2.32 bits per heavy atom. The molecule has 19 heavy (non-hydrogen) atoms. The highest BCUT2D eigenvalue weighted by molar-refractivity contribution is 5.80. The maximum Gasteiger partial charge on any atom is 0.150 e. The first-order chi connectivity index (χ1) is 9.10. The predicted octanol–water partition coefficient (Wildman–Crippen LogP) is 4.26. The molecular weight excluding hydrogens is 236 g/mol. The van der Waals surface area contributed by atoms with Crippen LogP contribution in [0.5, 0.6) is 5.75 Å². The summed E-state index contributed by atoms with van der Waals surface area (Å²) < 4.78 is 5.62. The molecule has 0 N–H and O–H groups in total. The molecule has 0 bridgehead atoms. The zero-order valence-electron chi connectivity index (χ0n) is 11.5. The summed E-state index contributed by atoms with van der Waals surface area (Å²) in [6.07, 6.45) is 1.05. The number of rotatable bonds is 4. The molecule has 0 aliphatic carbocycles. The summed E-state index contributed by atoms with van der Waals surface area (Å²) >= 11 is 0. The van der Waals surface area contributed by atoms with Gasteiger partial charge in [0.2, 0.25) is 0 Å². The Balaban J connectivity index is 2.34. The molecule has 2 rings (SSSR count). The van der Waals surface area contributed by atoms with E-state index in [1.165, 1.54) is 0 Å². The lowest BCUT2D eigenvalue weighted by Crippen LogP contribution is -2.05. The third-order valence-electron chi connectivity index (χ3n) is 2.93. The van der Waals surface area contributed by atoms with Crippen molar-refractivity contribution in [3.63, 3.8) is 0 Å². The molecule has 0 aromatic heterocycles. The number of benzene rings is 2. The van der Waals surface area contributed by atoms with Gasteiger partial charge in [-0.05, 0) is 55.7 Å². The lowest BCUT2D eigenvalue weighted by Gasteiger charge is -2.11. The molecule has 0 saturated carbocycles. The Kier molecular flexibility index (Phi) is 4.00. The van der Waals surface area contributed by atoms with Gasteiger partial charge in [-0.3, -0.25) is 4.79 Å². The van der Waals surface area contributed by atoms with Crippen LogP contribution in [0.3, 0.4) is 0 Å². The average molecular weight is 254 g/mol.